The number of phenols is 1. The number of amides is 1. The SMILES string of the molecule is COc1cc(C(=O)NCCCN)ccc1O. The minimum Gasteiger partial charge on any atom is -0.504 e. The van der Waals surface area contributed by atoms with Gasteiger partial charge in [-0.25, -0.2) is 0 Å². The molecular formula is C11H16N2O3. The maximum Gasteiger partial charge on any atom is 0.251 e. The van der Waals surface area contributed by atoms with E-state index >= 15 is 0 Å². The van der Waals surface area contributed by atoms with Gasteiger partial charge in [0.15, 0.2) is 11.5 Å². The second kappa shape index (κ2) is 5.97. The molecule has 0 aliphatic carbocycles. The van der Waals surface area contributed by atoms with E-state index in [0.717, 1.165) is 6.42 Å². The molecule has 88 valence electrons. The predicted octanol–water partition coefficient (Wildman–Crippen LogP) is 0.479. The molecule has 0 fully saturated rings. The third-order valence-electron chi connectivity index (χ3n) is 2.11. The Kier molecular flexibility index (Phi) is 4.60. The smallest absolute Gasteiger partial charge is 0.251 e. The van der Waals surface area contributed by atoms with Crippen LogP contribution in [0.1, 0.15) is 16.8 Å². The highest BCUT2D eigenvalue weighted by molar-refractivity contribution is 5.94. The van der Waals surface area contributed by atoms with Crippen molar-refractivity contribution in [1.82, 2.24) is 5.32 Å². The van der Waals surface area contributed by atoms with Crippen molar-refractivity contribution in [3.05, 3.63) is 23.8 Å². The molecule has 1 aromatic carbocycles. The van der Waals surface area contributed by atoms with Gasteiger partial charge in [0.05, 0.1) is 7.11 Å². The minimum absolute atomic E-state index is 0.0148. The van der Waals surface area contributed by atoms with Crippen LogP contribution in [0.2, 0.25) is 0 Å². The molecule has 0 aliphatic rings. The molecule has 0 saturated heterocycles. The summed E-state index contributed by atoms with van der Waals surface area (Å²) >= 11 is 0. The number of hydrogen-bond donors (Lipinski definition) is 3. The highest BCUT2D eigenvalue weighted by Gasteiger charge is 2.08. The van der Waals surface area contributed by atoms with Gasteiger partial charge in [-0.05, 0) is 31.2 Å². The summed E-state index contributed by atoms with van der Waals surface area (Å²) in [6, 6.07) is 4.46. The molecule has 1 aromatic rings. The van der Waals surface area contributed by atoms with Crippen molar-refractivity contribution in [2.45, 2.75) is 6.42 Å². The molecular weight excluding hydrogens is 208 g/mol. The van der Waals surface area contributed by atoms with E-state index in [1.54, 1.807) is 0 Å². The van der Waals surface area contributed by atoms with E-state index in [1.807, 2.05) is 0 Å². The van der Waals surface area contributed by atoms with Gasteiger partial charge in [-0.3, -0.25) is 4.79 Å². The number of methoxy groups -OCH3 is 1. The quantitative estimate of drug-likeness (QED) is 0.635. The number of nitrogens with two attached hydrogens (primary N) is 1. The third kappa shape index (κ3) is 3.13. The fraction of sp³-hybridized carbons (Fsp3) is 0.364. The third-order valence-corrected chi connectivity index (χ3v) is 2.11. The van der Waals surface area contributed by atoms with Gasteiger partial charge in [-0.2, -0.15) is 0 Å². The Morgan fingerprint density at radius 2 is 2.31 bits per heavy atom. The number of aromatic hydroxyl groups is 1. The molecule has 0 aromatic heterocycles. The van der Waals surface area contributed by atoms with Gasteiger partial charge in [0.2, 0.25) is 0 Å². The molecule has 0 heterocycles. The van der Waals surface area contributed by atoms with Gasteiger partial charge >= 0.3 is 0 Å². The summed E-state index contributed by atoms with van der Waals surface area (Å²) in [5.74, 6) is 0.0965. The maximum absolute atomic E-state index is 11.6. The highest BCUT2D eigenvalue weighted by Crippen LogP contribution is 2.26. The summed E-state index contributed by atoms with van der Waals surface area (Å²) in [4.78, 5) is 11.6. The first-order valence-electron chi connectivity index (χ1n) is 5.04. The molecule has 0 spiro atoms. The zero-order valence-corrected chi connectivity index (χ0v) is 9.19. The number of rotatable bonds is 5. The number of phenolic OH excluding ortho intramolecular Hbond substituents is 1. The van der Waals surface area contributed by atoms with Gasteiger partial charge in [0.1, 0.15) is 0 Å². The van der Waals surface area contributed by atoms with E-state index in [1.165, 1.54) is 25.3 Å². The molecule has 5 heteroatoms. The molecule has 0 atom stereocenters. The first kappa shape index (κ1) is 12.3. The topological polar surface area (TPSA) is 84.6 Å². The van der Waals surface area contributed by atoms with E-state index in [2.05, 4.69) is 5.32 Å². The Balaban J connectivity index is 2.68. The van der Waals surface area contributed by atoms with Crippen molar-refractivity contribution >= 4 is 5.91 Å². The van der Waals surface area contributed by atoms with Gasteiger partial charge in [-0.1, -0.05) is 0 Å². The number of nitrogens with one attached hydrogen (secondary N) is 1. The van der Waals surface area contributed by atoms with Crippen LogP contribution in [-0.4, -0.2) is 31.2 Å². The fourth-order valence-electron chi connectivity index (χ4n) is 1.22. The summed E-state index contributed by atoms with van der Waals surface area (Å²) < 4.78 is 4.91. The van der Waals surface area contributed by atoms with Crippen molar-refractivity contribution in [2.75, 3.05) is 20.2 Å². The van der Waals surface area contributed by atoms with E-state index < -0.39 is 0 Å². The highest BCUT2D eigenvalue weighted by atomic mass is 16.5. The molecule has 16 heavy (non-hydrogen) atoms. The predicted molar refractivity (Wildman–Crippen MR) is 60.7 cm³/mol. The lowest BCUT2D eigenvalue weighted by atomic mass is 10.2. The average Bonchev–Trinajstić information content (AvgIpc) is 2.30. The van der Waals surface area contributed by atoms with Gasteiger partial charge in [0.25, 0.3) is 5.91 Å². The van der Waals surface area contributed by atoms with Crippen molar-refractivity contribution in [3.63, 3.8) is 0 Å². The Morgan fingerprint density at radius 3 is 2.94 bits per heavy atom. The zero-order valence-electron chi connectivity index (χ0n) is 9.19. The molecule has 4 N–H and O–H groups in total. The fourth-order valence-corrected chi connectivity index (χ4v) is 1.22. The van der Waals surface area contributed by atoms with E-state index in [-0.39, 0.29) is 17.4 Å². The summed E-state index contributed by atoms with van der Waals surface area (Å²) in [7, 11) is 1.44. The second-order valence-corrected chi connectivity index (χ2v) is 3.28. The molecule has 1 amide bonds. The number of carbonyl (C=O) groups excluding carboxylic acids is 1. The number of hydrogen-bond acceptors (Lipinski definition) is 4. The largest absolute Gasteiger partial charge is 0.504 e. The maximum atomic E-state index is 11.6. The van der Waals surface area contributed by atoms with Crippen LogP contribution in [0.25, 0.3) is 0 Å². The Labute approximate surface area is 94.2 Å². The second-order valence-electron chi connectivity index (χ2n) is 3.28. The molecule has 0 saturated carbocycles. The van der Waals surface area contributed by atoms with E-state index in [0.29, 0.717) is 18.7 Å². The molecule has 0 bridgehead atoms. The first-order valence-corrected chi connectivity index (χ1v) is 5.04. The molecule has 0 aliphatic heterocycles. The lowest BCUT2D eigenvalue weighted by Crippen LogP contribution is -2.25. The number of ether oxygens (including phenoxy) is 1. The average molecular weight is 224 g/mol. The van der Waals surface area contributed by atoms with Crippen molar-refractivity contribution < 1.29 is 14.6 Å². The number of benzene rings is 1. The van der Waals surface area contributed by atoms with Gasteiger partial charge in [0, 0.05) is 12.1 Å². The summed E-state index contributed by atoms with van der Waals surface area (Å²) in [5.41, 5.74) is 5.77. The summed E-state index contributed by atoms with van der Waals surface area (Å²) in [5, 5.41) is 12.1. The van der Waals surface area contributed by atoms with Crippen LogP contribution in [0.5, 0.6) is 11.5 Å². The van der Waals surface area contributed by atoms with Crippen molar-refractivity contribution in [3.8, 4) is 11.5 Å². The van der Waals surface area contributed by atoms with Crippen LogP contribution in [0.4, 0.5) is 0 Å². The first-order chi connectivity index (χ1) is 7.69. The van der Waals surface area contributed by atoms with Crippen LogP contribution in [-0.2, 0) is 0 Å². The minimum atomic E-state index is -0.202. The lowest BCUT2D eigenvalue weighted by Gasteiger charge is -2.07. The van der Waals surface area contributed by atoms with Crippen molar-refractivity contribution in [1.29, 1.82) is 0 Å². The molecule has 5 nitrogen and oxygen atoms in total. The summed E-state index contributed by atoms with van der Waals surface area (Å²) in [6.45, 7) is 1.08. The molecule has 0 unspecified atom stereocenters. The Bertz CT molecular complexity index is 366. The van der Waals surface area contributed by atoms with Crippen molar-refractivity contribution in [2.24, 2.45) is 5.73 Å². The Morgan fingerprint density at radius 1 is 1.56 bits per heavy atom. The summed E-state index contributed by atoms with van der Waals surface area (Å²) in [6.07, 6.45) is 0.737. The standard InChI is InChI=1S/C11H16N2O3/c1-16-10-7-8(3-4-9(10)14)11(15)13-6-2-5-12/h3-4,7,14H,2,5-6,12H2,1H3,(H,13,15). The zero-order chi connectivity index (χ0) is 12.0. The van der Waals surface area contributed by atoms with E-state index in [4.69, 9.17) is 10.5 Å². The molecule has 1 rings (SSSR count). The normalized spacial score (nSPS) is 9.88. The molecule has 0 radical (unpaired) electrons. The van der Waals surface area contributed by atoms with Gasteiger partial charge < -0.3 is 20.9 Å². The van der Waals surface area contributed by atoms with Crippen LogP contribution >= 0.6 is 0 Å². The number of carbonyl (C=O) groups is 1. The van der Waals surface area contributed by atoms with Crippen LogP contribution in [0.3, 0.4) is 0 Å². The van der Waals surface area contributed by atoms with Crippen LogP contribution in [0, 0.1) is 0 Å². The lowest BCUT2D eigenvalue weighted by molar-refractivity contribution is 0.0953. The Hall–Kier alpha value is -1.75. The monoisotopic (exact) mass is 224 g/mol. The van der Waals surface area contributed by atoms with Gasteiger partial charge in [-0.15, -0.1) is 0 Å². The van der Waals surface area contributed by atoms with Crippen LogP contribution < -0.4 is 15.8 Å². The van der Waals surface area contributed by atoms with Crippen LogP contribution in [0.15, 0.2) is 18.2 Å². The van der Waals surface area contributed by atoms with E-state index in [9.17, 15) is 9.90 Å².